The quantitative estimate of drug-likeness (QED) is 0.804. The third kappa shape index (κ3) is 1.79. The van der Waals surface area contributed by atoms with Crippen LogP contribution in [-0.4, -0.2) is 12.8 Å². The largest absolute Gasteiger partial charge is 0.330 e. The Bertz CT molecular complexity index is 347. The predicted molar refractivity (Wildman–Crippen MR) is 63.2 cm³/mol. The lowest BCUT2D eigenvalue weighted by atomic mass is 9.96. The molecule has 3 heteroatoms. The average molecular weight is 228 g/mol. The molecule has 0 heterocycles. The second kappa shape index (κ2) is 3.76. The number of thioether (sulfide) groups is 1. The minimum Gasteiger partial charge on any atom is -0.330 e. The van der Waals surface area contributed by atoms with Gasteiger partial charge in [-0.2, -0.15) is 0 Å². The van der Waals surface area contributed by atoms with Gasteiger partial charge in [0.2, 0.25) is 0 Å². The van der Waals surface area contributed by atoms with E-state index in [4.69, 9.17) is 17.3 Å². The van der Waals surface area contributed by atoms with Crippen molar-refractivity contribution in [1.82, 2.24) is 0 Å². The molecule has 0 saturated heterocycles. The van der Waals surface area contributed by atoms with Gasteiger partial charge in [0.15, 0.2) is 0 Å². The van der Waals surface area contributed by atoms with Crippen LogP contribution in [0.15, 0.2) is 23.1 Å². The van der Waals surface area contributed by atoms with E-state index in [2.05, 4.69) is 18.4 Å². The van der Waals surface area contributed by atoms with Gasteiger partial charge in [-0.05, 0) is 42.9 Å². The Morgan fingerprint density at radius 2 is 2.14 bits per heavy atom. The zero-order valence-corrected chi connectivity index (χ0v) is 9.79. The number of benzene rings is 1. The van der Waals surface area contributed by atoms with E-state index in [-0.39, 0.29) is 5.41 Å². The Kier molecular flexibility index (Phi) is 2.78. The van der Waals surface area contributed by atoms with Crippen LogP contribution < -0.4 is 5.73 Å². The van der Waals surface area contributed by atoms with E-state index in [0.717, 1.165) is 11.6 Å². The van der Waals surface area contributed by atoms with Crippen LogP contribution in [0.5, 0.6) is 0 Å². The highest BCUT2D eigenvalue weighted by Crippen LogP contribution is 2.48. The maximum absolute atomic E-state index is 6.07. The molecule has 0 unspecified atom stereocenters. The molecule has 1 aliphatic carbocycles. The van der Waals surface area contributed by atoms with E-state index in [1.54, 1.807) is 11.8 Å². The van der Waals surface area contributed by atoms with Gasteiger partial charge in [0, 0.05) is 21.9 Å². The summed E-state index contributed by atoms with van der Waals surface area (Å²) >= 11 is 7.79. The van der Waals surface area contributed by atoms with Crippen LogP contribution in [0, 0.1) is 0 Å². The maximum atomic E-state index is 6.07. The number of hydrogen-bond acceptors (Lipinski definition) is 2. The van der Waals surface area contributed by atoms with Crippen LogP contribution in [0.3, 0.4) is 0 Å². The molecule has 76 valence electrons. The zero-order chi connectivity index (χ0) is 10.2. The molecule has 0 amide bonds. The zero-order valence-electron chi connectivity index (χ0n) is 8.22. The highest BCUT2D eigenvalue weighted by Gasteiger charge is 2.43. The molecule has 1 aromatic rings. The molecule has 1 nitrogen and oxygen atoms in total. The minimum absolute atomic E-state index is 0.245. The lowest BCUT2D eigenvalue weighted by Gasteiger charge is -2.14. The summed E-state index contributed by atoms with van der Waals surface area (Å²) < 4.78 is 0. The molecule has 14 heavy (non-hydrogen) atoms. The second-order valence-corrected chi connectivity index (χ2v) is 5.18. The van der Waals surface area contributed by atoms with Crippen molar-refractivity contribution in [2.75, 3.05) is 12.8 Å². The fraction of sp³-hybridized carbons (Fsp3) is 0.455. The molecule has 1 fully saturated rings. The summed E-state index contributed by atoms with van der Waals surface area (Å²) in [6.45, 7) is 0.737. The van der Waals surface area contributed by atoms with Gasteiger partial charge in [0.05, 0.1) is 0 Å². The van der Waals surface area contributed by atoms with Crippen LogP contribution >= 0.6 is 23.4 Å². The van der Waals surface area contributed by atoms with Gasteiger partial charge in [-0.3, -0.25) is 0 Å². The Balaban J connectivity index is 2.38. The summed E-state index contributed by atoms with van der Waals surface area (Å²) in [5.74, 6) is 0. The summed E-state index contributed by atoms with van der Waals surface area (Å²) in [5, 5.41) is 0.826. The third-order valence-corrected chi connectivity index (χ3v) is 3.89. The summed E-state index contributed by atoms with van der Waals surface area (Å²) in [5.41, 5.74) is 7.35. The van der Waals surface area contributed by atoms with Gasteiger partial charge in [0.25, 0.3) is 0 Å². The van der Waals surface area contributed by atoms with Gasteiger partial charge in [0.1, 0.15) is 0 Å². The highest BCUT2D eigenvalue weighted by atomic mass is 35.5. The van der Waals surface area contributed by atoms with Crippen molar-refractivity contribution >= 4 is 23.4 Å². The lowest BCUT2D eigenvalue weighted by molar-refractivity contribution is 0.702. The number of hydrogen-bond donors (Lipinski definition) is 1. The van der Waals surface area contributed by atoms with Crippen LogP contribution in [0.2, 0.25) is 5.02 Å². The van der Waals surface area contributed by atoms with Gasteiger partial charge in [-0.25, -0.2) is 0 Å². The van der Waals surface area contributed by atoms with Crippen LogP contribution in [0.25, 0.3) is 0 Å². The molecular weight excluding hydrogens is 214 g/mol. The molecule has 0 radical (unpaired) electrons. The summed E-state index contributed by atoms with van der Waals surface area (Å²) in [6, 6.07) is 6.28. The summed E-state index contributed by atoms with van der Waals surface area (Å²) in [7, 11) is 0. The molecule has 0 bridgehead atoms. The van der Waals surface area contributed by atoms with Gasteiger partial charge >= 0.3 is 0 Å². The van der Waals surface area contributed by atoms with Crippen molar-refractivity contribution < 1.29 is 0 Å². The number of rotatable bonds is 3. The second-order valence-electron chi connectivity index (χ2n) is 3.86. The summed E-state index contributed by atoms with van der Waals surface area (Å²) in [6.07, 6.45) is 4.48. The van der Waals surface area contributed by atoms with Crippen LogP contribution in [-0.2, 0) is 5.41 Å². The van der Waals surface area contributed by atoms with Crippen molar-refractivity contribution in [2.45, 2.75) is 23.2 Å². The normalized spacial score (nSPS) is 18.2. The van der Waals surface area contributed by atoms with Crippen molar-refractivity contribution in [3.8, 4) is 0 Å². The molecule has 2 N–H and O–H groups in total. The number of nitrogens with two attached hydrogens (primary N) is 1. The van der Waals surface area contributed by atoms with Crippen molar-refractivity contribution in [3.63, 3.8) is 0 Å². The van der Waals surface area contributed by atoms with Gasteiger partial charge in [-0.15, -0.1) is 11.8 Å². The first kappa shape index (κ1) is 10.3. The van der Waals surface area contributed by atoms with Crippen molar-refractivity contribution in [3.05, 3.63) is 28.8 Å². The smallest absolute Gasteiger partial charge is 0.0420 e. The van der Waals surface area contributed by atoms with E-state index in [0.29, 0.717) is 0 Å². The standard InChI is InChI=1S/C11H14ClNS/c1-14-10-5-8(4-9(12)6-10)11(7-13)2-3-11/h4-6H,2-3,7,13H2,1H3. The monoisotopic (exact) mass is 227 g/mol. The Hall–Kier alpha value is -0.180. The molecular formula is C11H14ClNS. The van der Waals surface area contributed by atoms with Crippen molar-refractivity contribution in [1.29, 1.82) is 0 Å². The van der Waals surface area contributed by atoms with Gasteiger partial charge in [-0.1, -0.05) is 11.6 Å². The molecule has 0 atom stereocenters. The average Bonchev–Trinajstić information content (AvgIpc) is 2.97. The topological polar surface area (TPSA) is 26.0 Å². The minimum atomic E-state index is 0.245. The first-order valence-electron chi connectivity index (χ1n) is 4.75. The highest BCUT2D eigenvalue weighted by molar-refractivity contribution is 7.98. The van der Waals surface area contributed by atoms with E-state index in [1.165, 1.54) is 23.3 Å². The number of halogens is 1. The molecule has 0 aliphatic heterocycles. The third-order valence-electron chi connectivity index (χ3n) is 2.96. The molecule has 0 aromatic heterocycles. The Morgan fingerprint density at radius 1 is 1.43 bits per heavy atom. The maximum Gasteiger partial charge on any atom is 0.0420 e. The molecule has 1 saturated carbocycles. The van der Waals surface area contributed by atoms with E-state index < -0.39 is 0 Å². The van der Waals surface area contributed by atoms with E-state index >= 15 is 0 Å². The van der Waals surface area contributed by atoms with Gasteiger partial charge < -0.3 is 5.73 Å². The lowest BCUT2D eigenvalue weighted by Crippen LogP contribution is -2.19. The molecule has 1 aromatic carbocycles. The fourth-order valence-electron chi connectivity index (χ4n) is 1.75. The molecule has 2 rings (SSSR count). The summed E-state index contributed by atoms with van der Waals surface area (Å²) in [4.78, 5) is 1.23. The van der Waals surface area contributed by atoms with Crippen LogP contribution in [0.4, 0.5) is 0 Å². The first-order valence-corrected chi connectivity index (χ1v) is 6.36. The molecule has 1 aliphatic rings. The Labute approximate surface area is 94.0 Å². The fourth-order valence-corrected chi connectivity index (χ4v) is 2.54. The van der Waals surface area contributed by atoms with E-state index in [9.17, 15) is 0 Å². The SMILES string of the molecule is CSc1cc(Cl)cc(C2(CN)CC2)c1. The van der Waals surface area contributed by atoms with E-state index in [1.807, 2.05) is 6.07 Å². The first-order chi connectivity index (χ1) is 6.70. The van der Waals surface area contributed by atoms with Crippen LogP contribution in [0.1, 0.15) is 18.4 Å². The predicted octanol–water partition coefficient (Wildman–Crippen LogP) is 3.05. The Morgan fingerprint density at radius 3 is 2.64 bits per heavy atom. The molecule has 0 spiro atoms. The van der Waals surface area contributed by atoms with Crippen molar-refractivity contribution in [2.24, 2.45) is 5.73 Å².